The third-order valence-electron chi connectivity index (χ3n) is 4.50. The number of aryl methyl sites for hydroxylation is 2. The molecule has 0 fully saturated rings. The van der Waals surface area contributed by atoms with Gasteiger partial charge in [0.25, 0.3) is 5.91 Å². The van der Waals surface area contributed by atoms with Crippen LogP contribution in [0.5, 0.6) is 5.75 Å². The van der Waals surface area contributed by atoms with Gasteiger partial charge in [0.15, 0.2) is 5.69 Å². The third-order valence-corrected chi connectivity index (χ3v) is 4.50. The van der Waals surface area contributed by atoms with E-state index in [1.54, 1.807) is 6.92 Å². The van der Waals surface area contributed by atoms with E-state index in [1.165, 1.54) is 5.56 Å². The Labute approximate surface area is 159 Å². The zero-order valence-corrected chi connectivity index (χ0v) is 16.1. The summed E-state index contributed by atoms with van der Waals surface area (Å²) < 4.78 is 11.1. The first-order chi connectivity index (χ1) is 13.0. The van der Waals surface area contributed by atoms with Gasteiger partial charge in [-0.05, 0) is 49.1 Å². The molecule has 1 amide bonds. The summed E-state index contributed by atoms with van der Waals surface area (Å²) in [6, 6.07) is 15.5. The van der Waals surface area contributed by atoms with Gasteiger partial charge >= 0.3 is 0 Å². The number of nitrogens with zero attached hydrogens (tertiary/aromatic N) is 1. The zero-order chi connectivity index (χ0) is 19.4. The van der Waals surface area contributed by atoms with Crippen molar-refractivity contribution in [1.29, 1.82) is 0 Å². The molecule has 5 nitrogen and oxygen atoms in total. The van der Waals surface area contributed by atoms with Crippen molar-refractivity contribution in [3.63, 3.8) is 0 Å². The molecule has 0 bridgehead atoms. The lowest BCUT2D eigenvalue weighted by Gasteiger charge is -2.10. The predicted octanol–water partition coefficient (Wildman–Crippen LogP) is 5.25. The Bertz CT molecular complexity index is 927. The molecule has 3 aromatic rings. The number of carbonyl (C=O) groups is 1. The number of rotatable bonds is 6. The lowest BCUT2D eigenvalue weighted by Crippen LogP contribution is -2.15. The van der Waals surface area contributed by atoms with Gasteiger partial charge in [0.1, 0.15) is 18.1 Å². The highest BCUT2D eigenvalue weighted by molar-refractivity contribution is 6.03. The molecule has 0 radical (unpaired) electrons. The van der Waals surface area contributed by atoms with Gasteiger partial charge < -0.3 is 14.6 Å². The van der Waals surface area contributed by atoms with Crippen LogP contribution in [0, 0.1) is 13.8 Å². The minimum atomic E-state index is -0.312. The quantitative estimate of drug-likeness (QED) is 0.649. The van der Waals surface area contributed by atoms with Crippen molar-refractivity contribution in [2.45, 2.75) is 40.2 Å². The molecule has 0 saturated heterocycles. The maximum absolute atomic E-state index is 12.7. The Balaban J connectivity index is 1.73. The van der Waals surface area contributed by atoms with Crippen molar-refractivity contribution in [3.05, 3.63) is 76.7 Å². The number of ether oxygens (including phenoxy) is 1. The molecule has 2 aromatic carbocycles. The molecule has 5 heteroatoms. The summed E-state index contributed by atoms with van der Waals surface area (Å²) in [4.78, 5) is 12.7. The number of para-hydroxylation sites is 1. The fourth-order valence-corrected chi connectivity index (χ4v) is 2.75. The number of amides is 1. The lowest BCUT2D eigenvalue weighted by atomic mass is 10.0. The Morgan fingerprint density at radius 2 is 1.81 bits per heavy atom. The minimum Gasteiger partial charge on any atom is -0.488 e. The normalized spacial score (nSPS) is 10.9. The van der Waals surface area contributed by atoms with Crippen molar-refractivity contribution in [2.24, 2.45) is 0 Å². The summed E-state index contributed by atoms with van der Waals surface area (Å²) >= 11 is 0. The Morgan fingerprint density at radius 1 is 1.11 bits per heavy atom. The summed E-state index contributed by atoms with van der Waals surface area (Å²) in [6.45, 7) is 8.23. The zero-order valence-electron chi connectivity index (χ0n) is 16.1. The van der Waals surface area contributed by atoms with Gasteiger partial charge in [0.05, 0.1) is 5.56 Å². The van der Waals surface area contributed by atoms with Crippen LogP contribution in [0.25, 0.3) is 0 Å². The van der Waals surface area contributed by atoms with Crippen LogP contribution in [0.15, 0.2) is 53.1 Å². The fraction of sp³-hybridized carbons (Fsp3) is 0.273. The van der Waals surface area contributed by atoms with Crippen LogP contribution in [0.3, 0.4) is 0 Å². The van der Waals surface area contributed by atoms with Gasteiger partial charge in [0, 0.05) is 5.69 Å². The maximum Gasteiger partial charge on any atom is 0.278 e. The van der Waals surface area contributed by atoms with Gasteiger partial charge in [-0.1, -0.05) is 49.3 Å². The van der Waals surface area contributed by atoms with Crippen LogP contribution in [-0.4, -0.2) is 11.1 Å². The van der Waals surface area contributed by atoms with E-state index in [0.717, 1.165) is 17.0 Å². The third kappa shape index (κ3) is 4.37. The van der Waals surface area contributed by atoms with E-state index in [2.05, 4.69) is 24.3 Å². The van der Waals surface area contributed by atoms with Crippen LogP contribution in [-0.2, 0) is 6.61 Å². The summed E-state index contributed by atoms with van der Waals surface area (Å²) in [7, 11) is 0. The highest BCUT2D eigenvalue weighted by Gasteiger charge is 2.21. The lowest BCUT2D eigenvalue weighted by molar-refractivity contribution is 0.101. The highest BCUT2D eigenvalue weighted by Crippen LogP contribution is 2.22. The van der Waals surface area contributed by atoms with Gasteiger partial charge in [0.2, 0.25) is 0 Å². The van der Waals surface area contributed by atoms with E-state index in [9.17, 15) is 4.79 Å². The van der Waals surface area contributed by atoms with Gasteiger partial charge in [-0.25, -0.2) is 0 Å². The Morgan fingerprint density at radius 3 is 2.48 bits per heavy atom. The summed E-state index contributed by atoms with van der Waals surface area (Å²) in [5.41, 5.74) is 3.86. The number of hydrogen-bond acceptors (Lipinski definition) is 4. The fourth-order valence-electron chi connectivity index (χ4n) is 2.75. The van der Waals surface area contributed by atoms with E-state index in [-0.39, 0.29) is 18.2 Å². The molecule has 0 saturated carbocycles. The van der Waals surface area contributed by atoms with Gasteiger partial charge in [-0.3, -0.25) is 4.79 Å². The second-order valence-electron chi connectivity index (χ2n) is 6.85. The molecule has 27 heavy (non-hydrogen) atoms. The average Bonchev–Trinajstić information content (AvgIpc) is 3.02. The smallest absolute Gasteiger partial charge is 0.278 e. The standard InChI is InChI=1S/C22H24N2O3/c1-14(2)17-9-11-18(12-10-17)23-22(25)21-19(16(4)27-24-21)13-26-20-8-6-5-7-15(20)3/h5-12,14H,13H2,1-4H3,(H,23,25). The van der Waals surface area contributed by atoms with Gasteiger partial charge in [-0.15, -0.1) is 0 Å². The topological polar surface area (TPSA) is 64.4 Å². The van der Waals surface area contributed by atoms with Crippen LogP contribution in [0.1, 0.15) is 52.7 Å². The number of benzene rings is 2. The van der Waals surface area contributed by atoms with Crippen LogP contribution in [0.2, 0.25) is 0 Å². The first-order valence-electron chi connectivity index (χ1n) is 9.00. The number of carbonyl (C=O) groups excluding carboxylic acids is 1. The highest BCUT2D eigenvalue weighted by atomic mass is 16.5. The van der Waals surface area contributed by atoms with Crippen molar-refractivity contribution < 1.29 is 14.1 Å². The predicted molar refractivity (Wildman–Crippen MR) is 105 cm³/mol. The largest absolute Gasteiger partial charge is 0.488 e. The van der Waals surface area contributed by atoms with E-state index >= 15 is 0 Å². The van der Waals surface area contributed by atoms with E-state index in [0.29, 0.717) is 17.2 Å². The van der Waals surface area contributed by atoms with E-state index < -0.39 is 0 Å². The molecule has 0 atom stereocenters. The summed E-state index contributed by atoms with van der Waals surface area (Å²) in [6.07, 6.45) is 0. The number of aromatic nitrogens is 1. The molecule has 1 aromatic heterocycles. The number of nitrogens with one attached hydrogen (secondary N) is 1. The monoisotopic (exact) mass is 364 g/mol. The molecule has 0 aliphatic heterocycles. The molecule has 140 valence electrons. The second kappa shape index (κ2) is 8.08. The molecular weight excluding hydrogens is 340 g/mol. The van der Waals surface area contributed by atoms with Crippen LogP contribution in [0.4, 0.5) is 5.69 Å². The first kappa shape index (κ1) is 18.7. The average molecular weight is 364 g/mol. The maximum atomic E-state index is 12.7. The van der Waals surface area contributed by atoms with Crippen LogP contribution < -0.4 is 10.1 Å². The van der Waals surface area contributed by atoms with E-state index in [1.807, 2.05) is 55.5 Å². The van der Waals surface area contributed by atoms with Crippen molar-refractivity contribution >= 4 is 11.6 Å². The summed E-state index contributed by atoms with van der Waals surface area (Å²) in [5.74, 6) is 1.48. The number of hydrogen-bond donors (Lipinski definition) is 1. The molecule has 0 aliphatic carbocycles. The molecule has 1 N–H and O–H groups in total. The molecule has 0 aliphatic rings. The second-order valence-corrected chi connectivity index (χ2v) is 6.85. The van der Waals surface area contributed by atoms with Crippen molar-refractivity contribution in [1.82, 2.24) is 5.16 Å². The van der Waals surface area contributed by atoms with Gasteiger partial charge in [-0.2, -0.15) is 0 Å². The minimum absolute atomic E-state index is 0.217. The molecule has 0 spiro atoms. The summed E-state index contributed by atoms with van der Waals surface area (Å²) in [5, 5.41) is 6.80. The van der Waals surface area contributed by atoms with Crippen LogP contribution >= 0.6 is 0 Å². The number of anilines is 1. The SMILES string of the molecule is Cc1ccccc1OCc1c(C(=O)Nc2ccc(C(C)C)cc2)noc1C. The molecule has 3 rings (SSSR count). The van der Waals surface area contributed by atoms with Crippen molar-refractivity contribution in [3.8, 4) is 5.75 Å². The first-order valence-corrected chi connectivity index (χ1v) is 9.00. The van der Waals surface area contributed by atoms with E-state index in [4.69, 9.17) is 9.26 Å². The Kier molecular flexibility index (Phi) is 5.60. The van der Waals surface area contributed by atoms with Crippen molar-refractivity contribution in [2.75, 3.05) is 5.32 Å². The molecule has 1 heterocycles. The Hall–Kier alpha value is -3.08. The molecular formula is C22H24N2O3. The molecule has 0 unspecified atom stereocenters.